The number of rotatable bonds is 1. The van der Waals surface area contributed by atoms with E-state index >= 15 is 0 Å². The Labute approximate surface area is 72.9 Å². The third-order valence-electron chi connectivity index (χ3n) is 1.72. The normalized spacial score (nSPS) is 24.0. The van der Waals surface area contributed by atoms with Crippen LogP contribution in [0, 0.1) is 5.92 Å². The molecule has 1 fully saturated rings. The second-order valence-corrected chi connectivity index (χ2v) is 5.85. The zero-order valence-electron chi connectivity index (χ0n) is 7.37. The minimum Gasteiger partial charge on any atom is -0.316 e. The zero-order valence-corrected chi connectivity index (χ0v) is 8.19. The Morgan fingerprint density at radius 1 is 1.58 bits per heavy atom. The molecule has 0 aromatic rings. The third kappa shape index (κ3) is 2.91. The molecule has 1 aliphatic heterocycles. The van der Waals surface area contributed by atoms with Crippen LogP contribution in [0.2, 0.25) is 0 Å². The molecule has 1 N–H and O–H groups in total. The van der Waals surface area contributed by atoms with Crippen LogP contribution < -0.4 is 5.32 Å². The molecular weight excluding hydrogens is 176 g/mol. The second kappa shape index (κ2) is 3.53. The molecule has 1 amide bonds. The summed E-state index contributed by atoms with van der Waals surface area (Å²) in [5.74, 6) is -0.263. The van der Waals surface area contributed by atoms with E-state index in [1.807, 2.05) is 0 Å². The molecule has 0 aromatic heterocycles. The molecule has 0 saturated carbocycles. The molecule has 12 heavy (non-hydrogen) atoms. The average Bonchev–Trinajstić information content (AvgIpc) is 2.32. The fraction of sp³-hybridized carbons (Fsp3) is 0.857. The van der Waals surface area contributed by atoms with Crippen molar-refractivity contribution in [1.29, 1.82) is 0 Å². The Morgan fingerprint density at radius 2 is 2.25 bits per heavy atom. The number of nitrogens with zero attached hydrogens (tertiary/aromatic N) is 1. The maximum absolute atomic E-state index is 11.3. The highest BCUT2D eigenvalue weighted by atomic mass is 32.2. The van der Waals surface area contributed by atoms with Crippen LogP contribution in [-0.2, 0) is 14.5 Å². The first kappa shape index (κ1) is 9.67. The molecule has 0 spiro atoms. The summed E-state index contributed by atoms with van der Waals surface area (Å²) in [6, 6.07) is 0. The van der Waals surface area contributed by atoms with Crippen LogP contribution in [0.15, 0.2) is 4.36 Å². The van der Waals surface area contributed by atoms with E-state index < -0.39 is 9.73 Å². The maximum Gasteiger partial charge on any atom is 0.258 e. The summed E-state index contributed by atoms with van der Waals surface area (Å²) >= 11 is 0. The molecule has 4 nitrogen and oxygen atoms in total. The Bertz CT molecular complexity index is 278. The first-order valence-electron chi connectivity index (χ1n) is 3.91. The molecular formula is C7H14N2O2S. The van der Waals surface area contributed by atoms with Gasteiger partial charge in [-0.3, -0.25) is 4.79 Å². The molecule has 0 radical (unpaired) electrons. The zero-order chi connectivity index (χ0) is 9.19. The second-order valence-electron chi connectivity index (χ2n) is 3.30. The van der Waals surface area contributed by atoms with E-state index in [0.29, 0.717) is 6.54 Å². The standard InChI is InChI=1S/C7H14N2O2S/c1-12(2,11)9-7(10)6-3-4-8-5-6/h6,8H,3-5H2,1-2H3. The number of amides is 1. The van der Waals surface area contributed by atoms with Gasteiger partial charge in [0, 0.05) is 28.8 Å². The Balaban J connectivity index is 2.66. The first-order chi connectivity index (χ1) is 5.49. The lowest BCUT2D eigenvalue weighted by atomic mass is 10.1. The van der Waals surface area contributed by atoms with Gasteiger partial charge in [-0.15, -0.1) is 0 Å². The summed E-state index contributed by atoms with van der Waals surface area (Å²) in [6.45, 7) is 1.54. The highest BCUT2D eigenvalue weighted by Crippen LogP contribution is 2.09. The van der Waals surface area contributed by atoms with E-state index in [9.17, 15) is 9.00 Å². The molecule has 70 valence electrons. The van der Waals surface area contributed by atoms with Gasteiger partial charge in [0.25, 0.3) is 5.91 Å². The lowest BCUT2D eigenvalue weighted by Gasteiger charge is -2.01. The fourth-order valence-electron chi connectivity index (χ4n) is 1.16. The van der Waals surface area contributed by atoms with Crippen LogP contribution >= 0.6 is 0 Å². The van der Waals surface area contributed by atoms with Crippen molar-refractivity contribution in [2.75, 3.05) is 25.6 Å². The highest BCUT2D eigenvalue weighted by molar-refractivity contribution is 7.92. The van der Waals surface area contributed by atoms with Crippen LogP contribution in [0.3, 0.4) is 0 Å². The molecule has 5 heteroatoms. The fourth-order valence-corrected chi connectivity index (χ4v) is 1.74. The molecule has 0 aliphatic carbocycles. The van der Waals surface area contributed by atoms with Crippen LogP contribution in [0.4, 0.5) is 0 Å². The van der Waals surface area contributed by atoms with Gasteiger partial charge in [0.15, 0.2) is 0 Å². The molecule has 1 rings (SSSR count). The minimum atomic E-state index is -2.26. The number of nitrogens with one attached hydrogen (secondary N) is 1. The van der Waals surface area contributed by atoms with Crippen LogP contribution in [0.25, 0.3) is 0 Å². The highest BCUT2D eigenvalue weighted by Gasteiger charge is 2.22. The van der Waals surface area contributed by atoms with Gasteiger partial charge in [0.05, 0.1) is 5.92 Å². The van der Waals surface area contributed by atoms with Crippen molar-refractivity contribution in [3.8, 4) is 0 Å². The van der Waals surface area contributed by atoms with Crippen molar-refractivity contribution in [3.05, 3.63) is 0 Å². The summed E-state index contributed by atoms with van der Waals surface area (Å²) in [5.41, 5.74) is 0. The van der Waals surface area contributed by atoms with Crippen LogP contribution in [0.1, 0.15) is 6.42 Å². The van der Waals surface area contributed by atoms with E-state index in [2.05, 4.69) is 9.68 Å². The van der Waals surface area contributed by atoms with Crippen molar-refractivity contribution in [3.63, 3.8) is 0 Å². The molecule has 0 bridgehead atoms. The van der Waals surface area contributed by atoms with E-state index in [1.165, 1.54) is 12.5 Å². The molecule has 1 heterocycles. The predicted molar refractivity (Wildman–Crippen MR) is 48.4 cm³/mol. The Kier molecular flexibility index (Phi) is 2.85. The Morgan fingerprint density at radius 3 is 2.67 bits per heavy atom. The maximum atomic E-state index is 11.3. The largest absolute Gasteiger partial charge is 0.316 e. The number of carbonyl (C=O) groups excluding carboxylic acids is 1. The van der Waals surface area contributed by atoms with Gasteiger partial charge < -0.3 is 5.32 Å². The smallest absolute Gasteiger partial charge is 0.258 e. The lowest BCUT2D eigenvalue weighted by molar-refractivity contribution is -0.120. The molecule has 1 saturated heterocycles. The topological polar surface area (TPSA) is 58.5 Å². The van der Waals surface area contributed by atoms with Gasteiger partial charge in [-0.05, 0) is 13.0 Å². The van der Waals surface area contributed by atoms with Gasteiger partial charge >= 0.3 is 0 Å². The summed E-state index contributed by atoms with van der Waals surface area (Å²) in [7, 11) is -2.26. The number of hydrogen-bond donors (Lipinski definition) is 1. The van der Waals surface area contributed by atoms with Gasteiger partial charge in [-0.1, -0.05) is 0 Å². The van der Waals surface area contributed by atoms with Crippen molar-refractivity contribution in [1.82, 2.24) is 5.32 Å². The average molecular weight is 190 g/mol. The molecule has 0 aromatic carbocycles. The number of carbonyl (C=O) groups is 1. The monoisotopic (exact) mass is 190 g/mol. The van der Waals surface area contributed by atoms with Crippen LogP contribution in [-0.4, -0.2) is 35.7 Å². The van der Waals surface area contributed by atoms with Gasteiger partial charge in [0.2, 0.25) is 0 Å². The van der Waals surface area contributed by atoms with E-state index in [0.717, 1.165) is 13.0 Å². The van der Waals surface area contributed by atoms with E-state index in [1.54, 1.807) is 0 Å². The van der Waals surface area contributed by atoms with Crippen molar-refractivity contribution in [2.45, 2.75) is 6.42 Å². The van der Waals surface area contributed by atoms with Gasteiger partial charge in [0.1, 0.15) is 0 Å². The summed E-state index contributed by atoms with van der Waals surface area (Å²) < 4.78 is 14.8. The number of hydrogen-bond acceptors (Lipinski definition) is 3. The van der Waals surface area contributed by atoms with Crippen molar-refractivity contribution >= 4 is 15.6 Å². The summed E-state index contributed by atoms with van der Waals surface area (Å²) in [6.07, 6.45) is 3.78. The molecule has 1 aliphatic rings. The van der Waals surface area contributed by atoms with Crippen LogP contribution in [0.5, 0.6) is 0 Å². The van der Waals surface area contributed by atoms with Crippen molar-refractivity contribution < 1.29 is 9.00 Å². The van der Waals surface area contributed by atoms with Gasteiger partial charge in [-0.2, -0.15) is 4.36 Å². The quantitative estimate of drug-likeness (QED) is 0.625. The molecule has 1 atom stereocenters. The summed E-state index contributed by atoms with van der Waals surface area (Å²) in [5, 5.41) is 3.07. The predicted octanol–water partition coefficient (Wildman–Crippen LogP) is -0.150. The summed E-state index contributed by atoms with van der Waals surface area (Å²) in [4.78, 5) is 11.3. The third-order valence-corrected chi connectivity index (χ3v) is 2.34. The SMILES string of the molecule is CS(C)(=O)=NC(=O)C1CCNC1. The van der Waals surface area contributed by atoms with Gasteiger partial charge in [-0.25, -0.2) is 4.21 Å². The first-order valence-corrected chi connectivity index (χ1v) is 6.24. The van der Waals surface area contributed by atoms with Crippen molar-refractivity contribution in [2.24, 2.45) is 10.3 Å². The Hall–Kier alpha value is -0.420. The lowest BCUT2D eigenvalue weighted by Crippen LogP contribution is -2.17. The minimum absolute atomic E-state index is 0.0503. The van der Waals surface area contributed by atoms with E-state index in [-0.39, 0.29) is 11.8 Å². The van der Waals surface area contributed by atoms with E-state index in [4.69, 9.17) is 0 Å². The molecule has 1 unspecified atom stereocenters.